The zero-order chi connectivity index (χ0) is 11.5. The van der Waals surface area contributed by atoms with Gasteiger partial charge >= 0.3 is 6.09 Å². The Labute approximate surface area is 89.0 Å². The minimum Gasteiger partial charge on any atom is -0.474 e. The molecular formula is C10H17NO4. The highest BCUT2D eigenvalue weighted by Gasteiger charge is 2.39. The largest absolute Gasteiger partial charge is 0.474 e. The number of ether oxygens (including phenoxy) is 1. The summed E-state index contributed by atoms with van der Waals surface area (Å²) < 4.78 is 5.28. The Kier molecular flexibility index (Phi) is 3.57. The fourth-order valence-electron chi connectivity index (χ4n) is 1.61. The molecule has 2 N–H and O–H groups in total. The molecule has 0 atom stereocenters. The van der Waals surface area contributed by atoms with E-state index in [4.69, 9.17) is 14.9 Å². The molecule has 15 heavy (non-hydrogen) atoms. The summed E-state index contributed by atoms with van der Waals surface area (Å²) in [6.45, 7) is 3.54. The minimum absolute atomic E-state index is 0.130. The van der Waals surface area contributed by atoms with Crippen LogP contribution in [-0.2, 0) is 4.74 Å². The van der Waals surface area contributed by atoms with Crippen molar-refractivity contribution < 1.29 is 19.7 Å². The first-order valence-corrected chi connectivity index (χ1v) is 5.00. The lowest BCUT2D eigenvalue weighted by atomic mass is 10.1. The first-order chi connectivity index (χ1) is 6.99. The second-order valence-corrected chi connectivity index (χ2v) is 3.97. The van der Waals surface area contributed by atoms with Crippen molar-refractivity contribution in [3.63, 3.8) is 0 Å². The topological polar surface area (TPSA) is 70.0 Å². The number of carboxylic acid groups (broad SMARTS) is 1. The zero-order valence-corrected chi connectivity index (χ0v) is 9.06. The van der Waals surface area contributed by atoms with Gasteiger partial charge < -0.3 is 14.9 Å². The Morgan fingerprint density at radius 3 is 2.73 bits per heavy atom. The summed E-state index contributed by atoms with van der Waals surface area (Å²) in [5.41, 5.74) is -0.165. The maximum Gasteiger partial charge on any atom is 0.414 e. The van der Waals surface area contributed by atoms with Crippen molar-refractivity contribution in [3.05, 3.63) is 12.0 Å². The van der Waals surface area contributed by atoms with Crippen LogP contribution in [0.4, 0.5) is 4.79 Å². The van der Waals surface area contributed by atoms with Crippen LogP contribution in [0.5, 0.6) is 0 Å². The van der Waals surface area contributed by atoms with Crippen LogP contribution in [0.25, 0.3) is 0 Å². The number of carbonyl (C=O) groups is 1. The second-order valence-electron chi connectivity index (χ2n) is 3.97. The van der Waals surface area contributed by atoms with Crippen LogP contribution >= 0.6 is 0 Å². The van der Waals surface area contributed by atoms with Crippen molar-refractivity contribution in [3.8, 4) is 0 Å². The number of hydrogen-bond acceptors (Lipinski definition) is 3. The molecule has 0 aromatic carbocycles. The molecule has 0 aromatic rings. The monoisotopic (exact) mass is 215 g/mol. The molecule has 5 nitrogen and oxygen atoms in total. The van der Waals surface area contributed by atoms with E-state index in [2.05, 4.69) is 0 Å². The number of aliphatic hydroxyl groups excluding tert-OH is 1. The molecule has 0 bridgehead atoms. The van der Waals surface area contributed by atoms with Gasteiger partial charge in [-0.2, -0.15) is 0 Å². The highest BCUT2D eigenvalue weighted by molar-refractivity contribution is 5.68. The van der Waals surface area contributed by atoms with Crippen molar-refractivity contribution in [2.24, 2.45) is 0 Å². The number of amides is 1. The van der Waals surface area contributed by atoms with Crippen LogP contribution in [0.1, 0.15) is 33.1 Å². The third kappa shape index (κ3) is 2.62. The fraction of sp³-hybridized carbons (Fsp3) is 0.700. The average Bonchev–Trinajstić information content (AvgIpc) is 2.42. The highest BCUT2D eigenvalue weighted by Crippen LogP contribution is 2.31. The number of allylic oxidation sites excluding steroid dienone is 1. The standard InChI is InChI=1S/C10H17NO4/c1-10(2)11(9(13)14)8(7-15-10)5-3-4-6-12/h7,12H,3-6H2,1-2H3,(H,13,14). The van der Waals surface area contributed by atoms with Crippen LogP contribution in [0.2, 0.25) is 0 Å². The summed E-state index contributed by atoms with van der Waals surface area (Å²) in [7, 11) is 0. The molecule has 86 valence electrons. The van der Waals surface area contributed by atoms with Crippen LogP contribution < -0.4 is 0 Å². The first kappa shape index (κ1) is 11.8. The van der Waals surface area contributed by atoms with Crippen molar-refractivity contribution in [2.75, 3.05) is 6.61 Å². The highest BCUT2D eigenvalue weighted by atomic mass is 16.5. The summed E-state index contributed by atoms with van der Waals surface area (Å²) in [6.07, 6.45) is 2.52. The van der Waals surface area contributed by atoms with Gasteiger partial charge in [-0.1, -0.05) is 0 Å². The first-order valence-electron chi connectivity index (χ1n) is 5.00. The Bertz CT molecular complexity index is 273. The lowest BCUT2D eigenvalue weighted by molar-refractivity contribution is -0.0237. The van der Waals surface area contributed by atoms with Gasteiger partial charge in [0.2, 0.25) is 0 Å². The Morgan fingerprint density at radius 1 is 1.53 bits per heavy atom. The minimum atomic E-state index is -1.01. The second kappa shape index (κ2) is 4.53. The predicted octanol–water partition coefficient (Wildman–Crippen LogP) is 1.74. The number of aliphatic hydroxyl groups is 1. The number of unbranched alkanes of at least 4 members (excludes halogenated alkanes) is 1. The SMILES string of the molecule is CC1(C)OC=C(CCCCO)N1C(=O)O. The van der Waals surface area contributed by atoms with Crippen LogP contribution in [0, 0.1) is 0 Å². The van der Waals surface area contributed by atoms with Crippen molar-refractivity contribution in [2.45, 2.75) is 38.8 Å². The summed E-state index contributed by atoms with van der Waals surface area (Å²) in [4.78, 5) is 12.2. The maximum absolute atomic E-state index is 11.0. The van der Waals surface area contributed by atoms with Gasteiger partial charge in [0, 0.05) is 6.61 Å². The number of nitrogens with zero attached hydrogens (tertiary/aromatic N) is 1. The summed E-state index contributed by atoms with van der Waals surface area (Å²) in [5, 5.41) is 17.7. The Balaban J connectivity index is 2.61. The van der Waals surface area contributed by atoms with E-state index in [-0.39, 0.29) is 6.61 Å². The van der Waals surface area contributed by atoms with Gasteiger partial charge in [-0.05, 0) is 33.1 Å². The summed E-state index contributed by atoms with van der Waals surface area (Å²) in [5.74, 6) is 0. The van der Waals surface area contributed by atoms with Gasteiger partial charge in [-0.25, -0.2) is 9.69 Å². The number of hydrogen-bond donors (Lipinski definition) is 2. The van der Waals surface area contributed by atoms with Gasteiger partial charge in [0.1, 0.15) is 6.26 Å². The smallest absolute Gasteiger partial charge is 0.414 e. The van der Waals surface area contributed by atoms with E-state index in [0.29, 0.717) is 18.5 Å². The number of rotatable bonds is 4. The molecule has 0 saturated carbocycles. The van der Waals surface area contributed by atoms with E-state index in [1.54, 1.807) is 13.8 Å². The van der Waals surface area contributed by atoms with E-state index in [0.717, 1.165) is 6.42 Å². The molecule has 1 amide bonds. The molecule has 0 fully saturated rings. The van der Waals surface area contributed by atoms with Crippen molar-refractivity contribution in [1.82, 2.24) is 4.90 Å². The Morgan fingerprint density at radius 2 is 2.20 bits per heavy atom. The molecule has 1 aliphatic rings. The van der Waals surface area contributed by atoms with E-state index in [1.165, 1.54) is 11.2 Å². The molecule has 1 rings (SSSR count). The lowest BCUT2D eigenvalue weighted by Crippen LogP contribution is -2.43. The summed E-state index contributed by atoms with van der Waals surface area (Å²) in [6, 6.07) is 0. The quantitative estimate of drug-likeness (QED) is 0.701. The van der Waals surface area contributed by atoms with Crippen LogP contribution in [-0.4, -0.2) is 33.5 Å². The van der Waals surface area contributed by atoms with E-state index in [9.17, 15) is 4.79 Å². The molecular weight excluding hydrogens is 198 g/mol. The summed E-state index contributed by atoms with van der Waals surface area (Å²) >= 11 is 0. The molecule has 0 saturated heterocycles. The van der Waals surface area contributed by atoms with Crippen molar-refractivity contribution in [1.29, 1.82) is 0 Å². The predicted molar refractivity (Wildman–Crippen MR) is 54.0 cm³/mol. The van der Waals surface area contributed by atoms with Crippen LogP contribution in [0.15, 0.2) is 12.0 Å². The molecule has 5 heteroatoms. The molecule has 0 radical (unpaired) electrons. The third-order valence-electron chi connectivity index (χ3n) is 2.34. The maximum atomic E-state index is 11.0. The molecule has 0 spiro atoms. The van der Waals surface area contributed by atoms with Gasteiger partial charge in [0.05, 0.1) is 5.70 Å². The van der Waals surface area contributed by atoms with Crippen molar-refractivity contribution >= 4 is 6.09 Å². The fourth-order valence-corrected chi connectivity index (χ4v) is 1.61. The normalized spacial score (nSPS) is 18.6. The molecule has 0 aromatic heterocycles. The molecule has 1 heterocycles. The van der Waals surface area contributed by atoms with Crippen LogP contribution in [0.3, 0.4) is 0 Å². The van der Waals surface area contributed by atoms with Gasteiger partial charge in [-0.15, -0.1) is 0 Å². The molecule has 0 aliphatic carbocycles. The van der Waals surface area contributed by atoms with E-state index in [1.807, 2.05) is 0 Å². The van der Waals surface area contributed by atoms with Gasteiger partial charge in [-0.3, -0.25) is 0 Å². The van der Waals surface area contributed by atoms with E-state index >= 15 is 0 Å². The van der Waals surface area contributed by atoms with Gasteiger partial charge in [0.25, 0.3) is 0 Å². The Hall–Kier alpha value is -1.23. The third-order valence-corrected chi connectivity index (χ3v) is 2.34. The average molecular weight is 215 g/mol. The van der Waals surface area contributed by atoms with E-state index < -0.39 is 11.8 Å². The molecule has 1 aliphatic heterocycles. The molecule has 0 unspecified atom stereocenters. The lowest BCUT2D eigenvalue weighted by Gasteiger charge is -2.29. The van der Waals surface area contributed by atoms with Gasteiger partial charge in [0.15, 0.2) is 5.72 Å². The zero-order valence-electron chi connectivity index (χ0n) is 9.06.